The third-order valence-corrected chi connectivity index (χ3v) is 2.47. The topological polar surface area (TPSA) is 21.3 Å². The molecule has 0 saturated carbocycles. The normalized spacial score (nSPS) is 10.7. The number of hydrogen-bond donors (Lipinski definition) is 1. The second-order valence-corrected chi connectivity index (χ2v) is 4.22. The number of allylic oxidation sites excluding steroid dienone is 1. The zero-order valence-corrected chi connectivity index (χ0v) is 10.6. The third kappa shape index (κ3) is 9.80. The van der Waals surface area contributed by atoms with Crippen molar-refractivity contribution in [2.24, 2.45) is 5.92 Å². The molecule has 0 aromatic rings. The number of nitrogens with one attached hydrogen (secondary N) is 1. The van der Waals surface area contributed by atoms with Crippen LogP contribution in [0.25, 0.3) is 0 Å². The summed E-state index contributed by atoms with van der Waals surface area (Å²) in [5.41, 5.74) is 1.16. The standard InChI is InChI=1S/C13H27NO/c1-5-15-11-9-7-6-8-10-14-13(4)12(2)3/h12,14H,4-11H2,1-3H3. The minimum absolute atomic E-state index is 0.544. The zero-order chi connectivity index (χ0) is 11.5. The fraction of sp³-hybridized carbons (Fsp3) is 0.846. The van der Waals surface area contributed by atoms with Gasteiger partial charge in [-0.1, -0.05) is 33.3 Å². The molecule has 0 amide bonds. The second-order valence-electron chi connectivity index (χ2n) is 4.22. The molecule has 0 aliphatic rings. The predicted octanol–water partition coefficient (Wildman–Crippen LogP) is 3.34. The summed E-state index contributed by atoms with van der Waals surface area (Å²) < 4.78 is 5.28. The van der Waals surface area contributed by atoms with E-state index in [2.05, 4.69) is 25.7 Å². The summed E-state index contributed by atoms with van der Waals surface area (Å²) in [6.45, 7) is 13.2. The molecular weight excluding hydrogens is 186 g/mol. The van der Waals surface area contributed by atoms with E-state index in [1.165, 1.54) is 25.7 Å². The third-order valence-electron chi connectivity index (χ3n) is 2.47. The molecule has 0 aliphatic carbocycles. The summed E-state index contributed by atoms with van der Waals surface area (Å²) >= 11 is 0. The van der Waals surface area contributed by atoms with E-state index in [0.29, 0.717) is 5.92 Å². The van der Waals surface area contributed by atoms with Crippen LogP contribution >= 0.6 is 0 Å². The highest BCUT2D eigenvalue weighted by atomic mass is 16.5. The molecular formula is C13H27NO. The molecule has 90 valence electrons. The average molecular weight is 213 g/mol. The molecule has 0 saturated heterocycles. The average Bonchev–Trinajstić information content (AvgIpc) is 2.21. The van der Waals surface area contributed by atoms with Crippen molar-refractivity contribution in [2.45, 2.75) is 46.5 Å². The summed E-state index contributed by atoms with van der Waals surface area (Å²) in [6, 6.07) is 0. The first-order chi connectivity index (χ1) is 7.18. The Bertz CT molecular complexity index is 155. The first-order valence-electron chi connectivity index (χ1n) is 6.18. The molecule has 0 bridgehead atoms. The van der Waals surface area contributed by atoms with Crippen LogP contribution < -0.4 is 5.32 Å². The Morgan fingerprint density at radius 1 is 1.20 bits per heavy atom. The van der Waals surface area contributed by atoms with Gasteiger partial charge in [-0.05, 0) is 25.7 Å². The molecule has 1 N–H and O–H groups in total. The summed E-state index contributed by atoms with van der Waals surface area (Å²) in [4.78, 5) is 0. The van der Waals surface area contributed by atoms with Crippen molar-refractivity contribution in [3.63, 3.8) is 0 Å². The van der Waals surface area contributed by atoms with E-state index in [1.807, 2.05) is 6.92 Å². The van der Waals surface area contributed by atoms with Crippen LogP contribution in [0.3, 0.4) is 0 Å². The van der Waals surface area contributed by atoms with Crippen molar-refractivity contribution >= 4 is 0 Å². The maximum atomic E-state index is 5.28. The highest BCUT2D eigenvalue weighted by Crippen LogP contribution is 2.04. The van der Waals surface area contributed by atoms with Crippen molar-refractivity contribution in [3.05, 3.63) is 12.3 Å². The van der Waals surface area contributed by atoms with E-state index >= 15 is 0 Å². The lowest BCUT2D eigenvalue weighted by atomic mass is 10.1. The van der Waals surface area contributed by atoms with Gasteiger partial charge in [-0.2, -0.15) is 0 Å². The van der Waals surface area contributed by atoms with Crippen molar-refractivity contribution < 1.29 is 4.74 Å². The van der Waals surface area contributed by atoms with Crippen LogP contribution in [-0.4, -0.2) is 19.8 Å². The van der Waals surface area contributed by atoms with Crippen molar-refractivity contribution in [1.82, 2.24) is 5.32 Å². The second kappa shape index (κ2) is 10.0. The van der Waals surface area contributed by atoms with Crippen LogP contribution in [-0.2, 0) is 4.74 Å². The molecule has 0 aliphatic heterocycles. The molecule has 0 rings (SSSR count). The van der Waals surface area contributed by atoms with Crippen LogP contribution in [0.2, 0.25) is 0 Å². The van der Waals surface area contributed by atoms with Crippen LogP contribution in [0.15, 0.2) is 12.3 Å². The predicted molar refractivity (Wildman–Crippen MR) is 66.9 cm³/mol. The van der Waals surface area contributed by atoms with Crippen LogP contribution in [0, 0.1) is 5.92 Å². The SMILES string of the molecule is C=C(NCCCCCCOCC)C(C)C. The fourth-order valence-corrected chi connectivity index (χ4v) is 1.28. The van der Waals surface area contributed by atoms with Gasteiger partial charge in [0.05, 0.1) is 0 Å². The van der Waals surface area contributed by atoms with Gasteiger partial charge in [-0.15, -0.1) is 0 Å². The van der Waals surface area contributed by atoms with Crippen LogP contribution in [0.4, 0.5) is 0 Å². The lowest BCUT2D eigenvalue weighted by Crippen LogP contribution is -2.17. The minimum Gasteiger partial charge on any atom is -0.389 e. The molecule has 0 aromatic carbocycles. The number of ether oxygens (including phenoxy) is 1. The van der Waals surface area contributed by atoms with Crippen molar-refractivity contribution in [2.75, 3.05) is 19.8 Å². The highest BCUT2D eigenvalue weighted by molar-refractivity contribution is 4.93. The summed E-state index contributed by atoms with van der Waals surface area (Å²) in [7, 11) is 0. The smallest absolute Gasteiger partial charge is 0.0465 e. The fourth-order valence-electron chi connectivity index (χ4n) is 1.28. The van der Waals surface area contributed by atoms with Gasteiger partial charge in [0.15, 0.2) is 0 Å². The summed E-state index contributed by atoms with van der Waals surface area (Å²) in [5, 5.41) is 3.36. The van der Waals surface area contributed by atoms with E-state index in [1.54, 1.807) is 0 Å². The van der Waals surface area contributed by atoms with Gasteiger partial charge >= 0.3 is 0 Å². The van der Waals surface area contributed by atoms with Crippen LogP contribution in [0.1, 0.15) is 46.5 Å². The Balaban J connectivity index is 3.08. The quantitative estimate of drug-likeness (QED) is 0.562. The van der Waals surface area contributed by atoms with Crippen molar-refractivity contribution in [1.29, 1.82) is 0 Å². The number of rotatable bonds is 10. The Kier molecular flexibility index (Phi) is 9.70. The first kappa shape index (κ1) is 14.5. The molecule has 0 spiro atoms. The monoisotopic (exact) mass is 213 g/mol. The minimum atomic E-state index is 0.544. The molecule has 0 radical (unpaired) electrons. The van der Waals surface area contributed by atoms with E-state index in [9.17, 15) is 0 Å². The Morgan fingerprint density at radius 3 is 2.47 bits per heavy atom. The maximum Gasteiger partial charge on any atom is 0.0465 e. The molecule has 15 heavy (non-hydrogen) atoms. The summed E-state index contributed by atoms with van der Waals surface area (Å²) in [6.07, 6.45) is 4.98. The molecule has 0 unspecified atom stereocenters. The van der Waals surface area contributed by atoms with E-state index in [4.69, 9.17) is 4.74 Å². The molecule has 0 aromatic heterocycles. The van der Waals surface area contributed by atoms with Crippen molar-refractivity contribution in [3.8, 4) is 0 Å². The van der Waals surface area contributed by atoms with E-state index in [-0.39, 0.29) is 0 Å². The molecule has 0 atom stereocenters. The Hall–Kier alpha value is -0.500. The zero-order valence-electron chi connectivity index (χ0n) is 10.6. The van der Waals surface area contributed by atoms with E-state index in [0.717, 1.165) is 25.5 Å². The van der Waals surface area contributed by atoms with Gasteiger partial charge in [0.1, 0.15) is 0 Å². The van der Waals surface area contributed by atoms with E-state index < -0.39 is 0 Å². The number of unbranched alkanes of at least 4 members (excludes halogenated alkanes) is 3. The van der Waals surface area contributed by atoms with Crippen LogP contribution in [0.5, 0.6) is 0 Å². The Labute approximate surface area is 95.1 Å². The molecule has 0 heterocycles. The maximum absolute atomic E-state index is 5.28. The first-order valence-corrected chi connectivity index (χ1v) is 6.18. The van der Waals surface area contributed by atoms with Gasteiger partial charge in [-0.25, -0.2) is 0 Å². The number of hydrogen-bond acceptors (Lipinski definition) is 2. The molecule has 2 nitrogen and oxygen atoms in total. The molecule has 0 fully saturated rings. The largest absolute Gasteiger partial charge is 0.389 e. The van der Waals surface area contributed by atoms with Gasteiger partial charge in [0, 0.05) is 25.5 Å². The van der Waals surface area contributed by atoms with Gasteiger partial charge in [0.25, 0.3) is 0 Å². The highest BCUT2D eigenvalue weighted by Gasteiger charge is 1.97. The lowest BCUT2D eigenvalue weighted by Gasteiger charge is -2.12. The van der Waals surface area contributed by atoms with Gasteiger partial charge < -0.3 is 10.1 Å². The van der Waals surface area contributed by atoms with Gasteiger partial charge in [0.2, 0.25) is 0 Å². The molecule has 2 heteroatoms. The summed E-state index contributed by atoms with van der Waals surface area (Å²) in [5.74, 6) is 0.544. The Morgan fingerprint density at radius 2 is 1.87 bits per heavy atom. The van der Waals surface area contributed by atoms with Gasteiger partial charge in [-0.3, -0.25) is 0 Å². The lowest BCUT2D eigenvalue weighted by molar-refractivity contribution is 0.143.